The Kier molecular flexibility index (Phi) is 4.39. The van der Waals surface area contributed by atoms with E-state index in [1.807, 2.05) is 32.0 Å². The summed E-state index contributed by atoms with van der Waals surface area (Å²) in [5.74, 6) is 1.72. The minimum Gasteiger partial charge on any atom is -0.467 e. The Morgan fingerprint density at radius 2 is 2.20 bits per heavy atom. The van der Waals surface area contributed by atoms with Crippen molar-refractivity contribution in [2.75, 3.05) is 11.4 Å². The SMILES string of the molecule is CCN(Cc1ccco1)c1nc(C)cc(C)c1C(N)=S. The maximum atomic E-state index is 5.87. The Balaban J connectivity index is 2.45. The molecule has 20 heavy (non-hydrogen) atoms. The van der Waals surface area contributed by atoms with Gasteiger partial charge in [-0.3, -0.25) is 0 Å². The van der Waals surface area contributed by atoms with Crippen LogP contribution < -0.4 is 10.6 Å². The van der Waals surface area contributed by atoms with Crippen LogP contribution in [0.4, 0.5) is 5.82 Å². The van der Waals surface area contributed by atoms with E-state index in [1.165, 1.54) is 0 Å². The van der Waals surface area contributed by atoms with Gasteiger partial charge in [-0.2, -0.15) is 0 Å². The second-order valence-corrected chi connectivity index (χ2v) is 5.18. The topological polar surface area (TPSA) is 55.3 Å². The summed E-state index contributed by atoms with van der Waals surface area (Å²) in [7, 11) is 0. The summed E-state index contributed by atoms with van der Waals surface area (Å²) in [6.45, 7) is 7.50. The van der Waals surface area contributed by atoms with Crippen LogP contribution in [0, 0.1) is 13.8 Å². The van der Waals surface area contributed by atoms with Crippen molar-refractivity contribution < 1.29 is 4.42 Å². The molecule has 0 aliphatic heterocycles. The van der Waals surface area contributed by atoms with Crippen molar-refractivity contribution in [3.05, 3.63) is 47.0 Å². The van der Waals surface area contributed by atoms with Crippen molar-refractivity contribution in [3.8, 4) is 0 Å². The van der Waals surface area contributed by atoms with Gasteiger partial charge in [0.15, 0.2) is 0 Å². The molecule has 0 aromatic carbocycles. The molecule has 5 heteroatoms. The van der Waals surface area contributed by atoms with Gasteiger partial charge in [-0.1, -0.05) is 12.2 Å². The number of nitrogens with two attached hydrogens (primary N) is 1. The normalized spacial score (nSPS) is 10.6. The van der Waals surface area contributed by atoms with Crippen LogP contribution in [-0.4, -0.2) is 16.5 Å². The van der Waals surface area contributed by atoms with Crippen LogP contribution in [0.5, 0.6) is 0 Å². The van der Waals surface area contributed by atoms with E-state index in [0.717, 1.165) is 34.9 Å². The van der Waals surface area contributed by atoms with Crippen LogP contribution in [0.3, 0.4) is 0 Å². The van der Waals surface area contributed by atoms with Crippen molar-refractivity contribution in [1.29, 1.82) is 0 Å². The van der Waals surface area contributed by atoms with Crippen LogP contribution in [0.25, 0.3) is 0 Å². The highest BCUT2D eigenvalue weighted by molar-refractivity contribution is 7.80. The molecular formula is C15H19N3OS. The van der Waals surface area contributed by atoms with E-state index in [4.69, 9.17) is 22.4 Å². The summed E-state index contributed by atoms with van der Waals surface area (Å²) < 4.78 is 5.41. The van der Waals surface area contributed by atoms with Crippen LogP contribution in [0.2, 0.25) is 0 Å². The van der Waals surface area contributed by atoms with Crippen LogP contribution >= 0.6 is 12.2 Å². The fourth-order valence-corrected chi connectivity index (χ4v) is 2.53. The molecule has 0 fully saturated rings. The Morgan fingerprint density at radius 1 is 1.45 bits per heavy atom. The zero-order valence-electron chi connectivity index (χ0n) is 12.0. The number of aromatic nitrogens is 1. The monoisotopic (exact) mass is 289 g/mol. The Bertz CT molecular complexity index is 608. The molecule has 0 spiro atoms. The maximum absolute atomic E-state index is 5.87. The van der Waals surface area contributed by atoms with Crippen LogP contribution in [0.1, 0.15) is 29.5 Å². The van der Waals surface area contributed by atoms with Crippen molar-refractivity contribution in [2.24, 2.45) is 5.73 Å². The minimum absolute atomic E-state index is 0.378. The molecule has 0 aliphatic carbocycles. The molecule has 0 saturated carbocycles. The third kappa shape index (κ3) is 2.99. The molecule has 0 bridgehead atoms. The number of aryl methyl sites for hydroxylation is 2. The molecule has 0 unspecified atom stereocenters. The van der Waals surface area contributed by atoms with Gasteiger partial charge < -0.3 is 15.1 Å². The second kappa shape index (κ2) is 6.05. The van der Waals surface area contributed by atoms with Gasteiger partial charge in [-0.25, -0.2) is 4.98 Å². The Hall–Kier alpha value is -1.88. The van der Waals surface area contributed by atoms with E-state index in [0.29, 0.717) is 11.5 Å². The van der Waals surface area contributed by atoms with E-state index in [9.17, 15) is 0 Å². The molecule has 2 aromatic rings. The highest BCUT2D eigenvalue weighted by Gasteiger charge is 2.17. The first-order valence-corrected chi connectivity index (χ1v) is 6.99. The molecule has 2 rings (SSSR count). The molecule has 2 aromatic heterocycles. The Labute approximate surface area is 124 Å². The summed E-state index contributed by atoms with van der Waals surface area (Å²) in [4.78, 5) is 7.12. The number of hydrogen-bond donors (Lipinski definition) is 1. The second-order valence-electron chi connectivity index (χ2n) is 4.74. The molecule has 0 amide bonds. The zero-order valence-corrected chi connectivity index (χ0v) is 12.8. The number of rotatable bonds is 5. The zero-order chi connectivity index (χ0) is 14.7. The summed E-state index contributed by atoms with van der Waals surface area (Å²) in [5, 5.41) is 0. The molecular weight excluding hydrogens is 270 g/mol. The summed E-state index contributed by atoms with van der Waals surface area (Å²) in [5.41, 5.74) is 8.73. The van der Waals surface area contributed by atoms with E-state index in [2.05, 4.69) is 16.8 Å². The quantitative estimate of drug-likeness (QED) is 0.858. The molecule has 4 nitrogen and oxygen atoms in total. The number of anilines is 1. The number of pyridine rings is 1. The average Bonchev–Trinajstić information content (AvgIpc) is 2.87. The number of hydrogen-bond acceptors (Lipinski definition) is 4. The van der Waals surface area contributed by atoms with E-state index in [-0.39, 0.29) is 0 Å². The standard InChI is InChI=1S/C15H19N3OS/c1-4-18(9-12-6-5-7-19-12)15-13(14(16)20)10(2)8-11(3)17-15/h5-8H,4,9H2,1-3H3,(H2,16,20). The number of thiocarbonyl (C=S) groups is 1. The molecule has 0 atom stereocenters. The van der Waals surface area contributed by atoms with Gasteiger partial charge in [-0.15, -0.1) is 0 Å². The highest BCUT2D eigenvalue weighted by Crippen LogP contribution is 2.24. The van der Waals surface area contributed by atoms with Gasteiger partial charge in [0, 0.05) is 12.2 Å². The summed E-state index contributed by atoms with van der Waals surface area (Å²) in [6.07, 6.45) is 1.67. The van der Waals surface area contributed by atoms with Crippen molar-refractivity contribution in [3.63, 3.8) is 0 Å². The molecule has 2 N–H and O–H groups in total. The fourth-order valence-electron chi connectivity index (χ4n) is 2.28. The summed E-state index contributed by atoms with van der Waals surface area (Å²) in [6, 6.07) is 5.83. The van der Waals surface area contributed by atoms with Crippen molar-refractivity contribution in [2.45, 2.75) is 27.3 Å². The first kappa shape index (κ1) is 14.5. The van der Waals surface area contributed by atoms with E-state index in [1.54, 1.807) is 6.26 Å². The predicted molar refractivity (Wildman–Crippen MR) is 85.0 cm³/mol. The van der Waals surface area contributed by atoms with Gasteiger partial charge in [0.05, 0.1) is 18.4 Å². The molecule has 0 aliphatic rings. The van der Waals surface area contributed by atoms with Crippen molar-refractivity contribution >= 4 is 23.0 Å². The molecule has 0 radical (unpaired) electrons. The van der Waals surface area contributed by atoms with Gasteiger partial charge in [0.2, 0.25) is 0 Å². The third-order valence-electron chi connectivity index (χ3n) is 3.18. The third-order valence-corrected chi connectivity index (χ3v) is 3.38. The fraction of sp³-hybridized carbons (Fsp3) is 0.333. The predicted octanol–water partition coefficient (Wildman–Crippen LogP) is 2.95. The lowest BCUT2D eigenvalue weighted by Gasteiger charge is -2.24. The van der Waals surface area contributed by atoms with E-state index < -0.39 is 0 Å². The lowest BCUT2D eigenvalue weighted by atomic mass is 10.1. The van der Waals surface area contributed by atoms with Crippen molar-refractivity contribution in [1.82, 2.24) is 4.98 Å². The van der Waals surface area contributed by atoms with Gasteiger partial charge in [-0.05, 0) is 44.5 Å². The van der Waals surface area contributed by atoms with Gasteiger partial charge >= 0.3 is 0 Å². The minimum atomic E-state index is 0.378. The van der Waals surface area contributed by atoms with Gasteiger partial charge in [0.1, 0.15) is 16.6 Å². The lowest BCUT2D eigenvalue weighted by Crippen LogP contribution is -2.27. The first-order valence-electron chi connectivity index (χ1n) is 6.58. The highest BCUT2D eigenvalue weighted by atomic mass is 32.1. The smallest absolute Gasteiger partial charge is 0.139 e. The Morgan fingerprint density at radius 3 is 2.75 bits per heavy atom. The molecule has 0 saturated heterocycles. The first-order chi connectivity index (χ1) is 9.52. The largest absolute Gasteiger partial charge is 0.467 e. The number of furan rings is 1. The molecule has 106 valence electrons. The van der Waals surface area contributed by atoms with Crippen LogP contribution in [0.15, 0.2) is 28.9 Å². The van der Waals surface area contributed by atoms with Crippen LogP contribution in [-0.2, 0) is 6.54 Å². The lowest BCUT2D eigenvalue weighted by molar-refractivity contribution is 0.502. The maximum Gasteiger partial charge on any atom is 0.139 e. The molecule has 2 heterocycles. The number of nitrogens with zero attached hydrogens (tertiary/aromatic N) is 2. The van der Waals surface area contributed by atoms with E-state index >= 15 is 0 Å². The summed E-state index contributed by atoms with van der Waals surface area (Å²) >= 11 is 5.18. The average molecular weight is 289 g/mol. The van der Waals surface area contributed by atoms with Gasteiger partial charge in [0.25, 0.3) is 0 Å².